The van der Waals surface area contributed by atoms with Gasteiger partial charge in [0.1, 0.15) is 49.3 Å². The fourth-order valence-corrected chi connectivity index (χ4v) is 15.7. The highest BCUT2D eigenvalue weighted by molar-refractivity contribution is 7.46. The van der Waals surface area contributed by atoms with E-state index in [1.54, 1.807) is 0 Å². The second-order valence-electron chi connectivity index (χ2n) is 33.6. The fraction of sp³-hybridized carbons (Fsp3) is 0.934. The number of rotatable bonds is 83. The van der Waals surface area contributed by atoms with Crippen LogP contribution in [0.3, 0.4) is 0 Å². The Kier molecular flexibility index (Phi) is 71.9. The van der Waals surface area contributed by atoms with E-state index >= 15 is 0 Å². The molecule has 0 radical (unpaired) electrons. The van der Waals surface area contributed by atoms with E-state index in [4.69, 9.17) is 37.7 Å². The van der Waals surface area contributed by atoms with E-state index in [2.05, 4.69) is 52.2 Å². The standard InChI is InChI=1S/C91H173N2O22P/c1-8-14-20-26-32-38-40-46-52-58-64-83(99)110-76(62-56-50-44-36-30-24-18-12-5)68-82(98)92-73(7)91(113-78(70-94)79(115-116(105,106)107)71-108-85(101)69-77(63-57-51-45-37-31-25-19-13-6)111-84(100)65-59-53-47-41-39-33-27-21-15-9-2)109-72-80-88(103)89(114-86(102)67-75(96)61-55-49-43-35-29-23-17-11-4)87(90(104)112-80)93-81(97)66-74(95)60-54-48-42-34-28-22-16-10-3/h73-80,87-91,94-96,103-104H,8-72H2,1-7H3,(H,92,98)(H,93,97)(H2,105,106,107)/t73-,74+,75+,76+,77+,78?,79-,80?,87?,88+,89+,90?,91+/m0/s1. The number of carbonyl (C=O) groups is 6. The Morgan fingerprint density at radius 2 is 0.776 bits per heavy atom. The topological polar surface area (TPSA) is 359 Å². The average Bonchev–Trinajstić information content (AvgIpc) is 0.796. The molecule has 116 heavy (non-hydrogen) atoms. The van der Waals surface area contributed by atoms with E-state index < -0.39 is 162 Å². The lowest BCUT2D eigenvalue weighted by molar-refractivity contribution is -0.280. The second-order valence-corrected chi connectivity index (χ2v) is 34.8. The number of ether oxygens (including phenoxy) is 7. The van der Waals surface area contributed by atoms with Crippen molar-refractivity contribution in [1.82, 2.24) is 10.6 Å². The third-order valence-electron chi connectivity index (χ3n) is 22.3. The van der Waals surface area contributed by atoms with Gasteiger partial charge in [-0.3, -0.25) is 33.3 Å². The van der Waals surface area contributed by atoms with E-state index in [0.29, 0.717) is 57.8 Å². The molecule has 1 aliphatic rings. The quantitative estimate of drug-likeness (QED) is 0.00898. The molecule has 0 aromatic rings. The number of hydrogen-bond acceptors (Lipinski definition) is 20. The monoisotopic (exact) mass is 1680 g/mol. The van der Waals surface area contributed by atoms with Gasteiger partial charge in [0, 0.05) is 12.8 Å². The molecule has 0 saturated carbocycles. The van der Waals surface area contributed by atoms with Crippen molar-refractivity contribution in [3.63, 3.8) is 0 Å². The zero-order valence-electron chi connectivity index (χ0n) is 74.2. The number of phosphoric acid groups is 1. The fourth-order valence-electron chi connectivity index (χ4n) is 15.2. The summed E-state index contributed by atoms with van der Waals surface area (Å²) in [4.78, 5) is 104. The molecular weight excluding hydrogens is 1500 g/mol. The number of carbonyl (C=O) groups excluding carboxylic acids is 6. The maximum absolute atomic E-state index is 14.5. The van der Waals surface area contributed by atoms with Crippen LogP contribution in [0.15, 0.2) is 0 Å². The van der Waals surface area contributed by atoms with Gasteiger partial charge in [0.25, 0.3) is 0 Å². The number of aliphatic hydroxyl groups is 5. The van der Waals surface area contributed by atoms with Crippen molar-refractivity contribution >= 4 is 43.5 Å². The van der Waals surface area contributed by atoms with Gasteiger partial charge in [0.2, 0.25) is 11.8 Å². The summed E-state index contributed by atoms with van der Waals surface area (Å²) in [7, 11) is -5.53. The van der Waals surface area contributed by atoms with Crippen molar-refractivity contribution in [2.45, 2.75) is 526 Å². The number of aliphatic hydroxyl groups excluding tert-OH is 5. The maximum Gasteiger partial charge on any atom is 0.470 e. The minimum atomic E-state index is -5.53. The van der Waals surface area contributed by atoms with Gasteiger partial charge in [-0.15, -0.1) is 0 Å². The van der Waals surface area contributed by atoms with Crippen LogP contribution in [0.25, 0.3) is 0 Å². The minimum Gasteiger partial charge on any atom is -0.463 e. The van der Waals surface area contributed by atoms with Gasteiger partial charge in [-0.05, 0) is 58.3 Å². The predicted molar refractivity (Wildman–Crippen MR) is 458 cm³/mol. The van der Waals surface area contributed by atoms with Crippen LogP contribution < -0.4 is 10.6 Å². The highest BCUT2D eigenvalue weighted by atomic mass is 31.2. The molecule has 1 rings (SSSR count). The number of amides is 2. The Labute approximate surface area is 703 Å². The van der Waals surface area contributed by atoms with Crippen LogP contribution in [-0.2, 0) is 71.0 Å². The SMILES string of the molecule is CCCCCCCCCCCCC(=O)O[C@H](CCCCCCCCCC)CC(=O)N[C@@H](C)[C@H](OCC1OC(O)C(NC(=O)C[C@H](O)CCCCCCCCCC)[C@@H](OC(=O)C[C@H](O)CCCCCCCCCC)[C@@H]1O)OC(CO)[C@H](COC(=O)C[C@@H](CCCCCCCCCC)OC(=O)CCCCCCCCCCCC)OP(=O)(O)O. The Bertz CT molecular complexity index is 2410. The third-order valence-corrected chi connectivity index (χ3v) is 22.9. The summed E-state index contributed by atoms with van der Waals surface area (Å²) in [5, 5.41) is 62.9. The molecule has 9 N–H and O–H groups in total. The van der Waals surface area contributed by atoms with Gasteiger partial charge in [0.05, 0.1) is 57.1 Å². The van der Waals surface area contributed by atoms with E-state index in [-0.39, 0.29) is 25.7 Å². The van der Waals surface area contributed by atoms with Gasteiger partial charge in [0.15, 0.2) is 18.7 Å². The maximum atomic E-state index is 14.5. The van der Waals surface area contributed by atoms with E-state index in [9.17, 15) is 68.7 Å². The molecule has 0 spiro atoms. The molecule has 24 nitrogen and oxygen atoms in total. The molecule has 684 valence electrons. The molecule has 0 aromatic heterocycles. The lowest BCUT2D eigenvalue weighted by Crippen LogP contribution is -2.65. The molecule has 1 heterocycles. The Hall–Kier alpha value is -3.39. The van der Waals surface area contributed by atoms with E-state index in [1.807, 2.05) is 0 Å². The van der Waals surface area contributed by atoms with Crippen molar-refractivity contribution in [1.29, 1.82) is 0 Å². The molecule has 0 aliphatic carbocycles. The first kappa shape index (κ1) is 111. The Balaban J connectivity index is 3.80. The molecule has 1 fully saturated rings. The zero-order valence-corrected chi connectivity index (χ0v) is 75.1. The summed E-state index contributed by atoms with van der Waals surface area (Å²) in [6.07, 6.45) is 37.3. The highest BCUT2D eigenvalue weighted by Crippen LogP contribution is 2.39. The molecule has 0 bridgehead atoms. The van der Waals surface area contributed by atoms with Crippen LogP contribution in [0, 0.1) is 0 Å². The van der Waals surface area contributed by atoms with Crippen LogP contribution in [0.4, 0.5) is 0 Å². The largest absolute Gasteiger partial charge is 0.470 e. The van der Waals surface area contributed by atoms with Crippen LogP contribution in [0.1, 0.15) is 447 Å². The number of hydrogen-bond donors (Lipinski definition) is 9. The molecule has 13 atom stereocenters. The number of esters is 4. The molecule has 1 saturated heterocycles. The third kappa shape index (κ3) is 62.7. The predicted octanol–water partition coefficient (Wildman–Crippen LogP) is 19.6. The smallest absolute Gasteiger partial charge is 0.463 e. The van der Waals surface area contributed by atoms with Crippen molar-refractivity contribution in [2.24, 2.45) is 0 Å². The zero-order chi connectivity index (χ0) is 85.5. The normalized spacial score (nSPS) is 17.9. The second kappa shape index (κ2) is 75.4. The summed E-state index contributed by atoms with van der Waals surface area (Å²) in [6, 6.07) is -2.92. The van der Waals surface area contributed by atoms with Gasteiger partial charge in [-0.25, -0.2) is 4.57 Å². The Morgan fingerprint density at radius 1 is 0.422 bits per heavy atom. The summed E-state index contributed by atoms with van der Waals surface area (Å²) >= 11 is 0. The summed E-state index contributed by atoms with van der Waals surface area (Å²) in [5.41, 5.74) is 0. The molecule has 1 aliphatic heterocycles. The van der Waals surface area contributed by atoms with E-state index in [0.717, 1.165) is 212 Å². The lowest BCUT2D eigenvalue weighted by atomic mass is 9.96. The lowest BCUT2D eigenvalue weighted by Gasteiger charge is -2.43. The highest BCUT2D eigenvalue weighted by Gasteiger charge is 2.49. The molecule has 2 amide bonds. The van der Waals surface area contributed by atoms with E-state index in [1.165, 1.54) is 90.4 Å². The summed E-state index contributed by atoms with van der Waals surface area (Å²) < 4.78 is 60.4. The van der Waals surface area contributed by atoms with Crippen LogP contribution >= 0.6 is 7.82 Å². The van der Waals surface area contributed by atoms with Gasteiger partial charge < -0.3 is 79.1 Å². The molecule has 0 aromatic carbocycles. The first-order valence-electron chi connectivity index (χ1n) is 47.4. The van der Waals surface area contributed by atoms with Crippen molar-refractivity contribution in [2.75, 3.05) is 19.8 Å². The number of nitrogens with one attached hydrogen (secondary N) is 2. The minimum absolute atomic E-state index is 0.164. The van der Waals surface area contributed by atoms with Gasteiger partial charge >= 0.3 is 31.7 Å². The number of phosphoric ester groups is 1. The molecule has 25 heteroatoms. The number of unbranched alkanes of at least 4 members (excludes halogenated alkanes) is 46. The van der Waals surface area contributed by atoms with Crippen LogP contribution in [0.5, 0.6) is 0 Å². The summed E-state index contributed by atoms with van der Waals surface area (Å²) in [5.74, 6) is -4.12. The molecular formula is C91H173N2O22P. The Morgan fingerprint density at radius 3 is 1.16 bits per heavy atom. The van der Waals surface area contributed by atoms with Crippen molar-refractivity contribution in [3.8, 4) is 0 Å². The van der Waals surface area contributed by atoms with Gasteiger partial charge in [-0.1, -0.05) is 350 Å². The van der Waals surface area contributed by atoms with Crippen molar-refractivity contribution < 1.29 is 106 Å². The first-order valence-corrected chi connectivity index (χ1v) is 48.9. The average molecular weight is 1680 g/mol. The first-order chi connectivity index (χ1) is 56.0. The van der Waals surface area contributed by atoms with Crippen molar-refractivity contribution in [3.05, 3.63) is 0 Å². The molecule has 4 unspecified atom stereocenters. The van der Waals surface area contributed by atoms with Crippen LogP contribution in [0.2, 0.25) is 0 Å². The van der Waals surface area contributed by atoms with Gasteiger partial charge in [-0.2, -0.15) is 0 Å². The van der Waals surface area contributed by atoms with Crippen LogP contribution in [-0.4, -0.2) is 170 Å². The summed E-state index contributed by atoms with van der Waals surface area (Å²) in [6.45, 7) is 11.7.